The van der Waals surface area contributed by atoms with Gasteiger partial charge in [0.25, 0.3) is 0 Å². The molecule has 1 aliphatic heterocycles. The Bertz CT molecular complexity index is 200. The lowest BCUT2D eigenvalue weighted by atomic mass is 10.1. The first-order valence-corrected chi connectivity index (χ1v) is 5.58. The first-order valence-electron chi connectivity index (χ1n) is 5.04. The molecule has 0 radical (unpaired) electrons. The number of halogens is 1. The van der Waals surface area contributed by atoms with Gasteiger partial charge in [0.2, 0.25) is 5.91 Å². The van der Waals surface area contributed by atoms with Crippen LogP contribution in [0.25, 0.3) is 0 Å². The van der Waals surface area contributed by atoms with Gasteiger partial charge in [-0.05, 0) is 13.8 Å². The molecule has 1 heterocycles. The van der Waals surface area contributed by atoms with E-state index in [1.165, 1.54) is 0 Å². The van der Waals surface area contributed by atoms with E-state index in [2.05, 4.69) is 0 Å². The fourth-order valence-corrected chi connectivity index (χ4v) is 1.87. The Labute approximate surface area is 90.4 Å². The van der Waals surface area contributed by atoms with Crippen molar-refractivity contribution in [2.45, 2.75) is 33.0 Å². The van der Waals surface area contributed by atoms with Gasteiger partial charge in [-0.25, -0.2) is 0 Å². The average molecular weight is 220 g/mol. The van der Waals surface area contributed by atoms with Crippen LogP contribution in [0.15, 0.2) is 0 Å². The van der Waals surface area contributed by atoms with Crippen molar-refractivity contribution in [2.24, 2.45) is 5.92 Å². The van der Waals surface area contributed by atoms with Gasteiger partial charge >= 0.3 is 0 Å². The van der Waals surface area contributed by atoms with Crippen LogP contribution in [-0.4, -0.2) is 42.0 Å². The zero-order valence-corrected chi connectivity index (χ0v) is 9.75. The molecule has 0 saturated carbocycles. The van der Waals surface area contributed by atoms with Gasteiger partial charge in [0.05, 0.1) is 12.2 Å². The standard InChI is InChI=1S/C10H18ClNO2/c1-7(4-11)10(13)12-5-8(2)14-9(3)6-12/h7-9H,4-6H2,1-3H3/t7?,8-,9+. The zero-order valence-electron chi connectivity index (χ0n) is 9.00. The molecule has 1 unspecified atom stereocenters. The highest BCUT2D eigenvalue weighted by atomic mass is 35.5. The number of hydrogen-bond donors (Lipinski definition) is 0. The Kier molecular flexibility index (Phi) is 4.20. The Morgan fingerprint density at radius 2 is 2.00 bits per heavy atom. The van der Waals surface area contributed by atoms with E-state index < -0.39 is 0 Å². The maximum absolute atomic E-state index is 11.8. The van der Waals surface area contributed by atoms with Gasteiger partial charge in [0.15, 0.2) is 0 Å². The predicted molar refractivity (Wildman–Crippen MR) is 56.5 cm³/mol. The SMILES string of the molecule is CC(CCl)C(=O)N1C[C@@H](C)O[C@@H](C)C1. The van der Waals surface area contributed by atoms with Crippen molar-refractivity contribution >= 4 is 17.5 Å². The third kappa shape index (κ3) is 2.85. The lowest BCUT2D eigenvalue weighted by molar-refractivity contribution is -0.146. The van der Waals surface area contributed by atoms with Gasteiger partial charge in [0.1, 0.15) is 0 Å². The molecule has 4 heteroatoms. The molecule has 0 aromatic heterocycles. The molecular formula is C10H18ClNO2. The van der Waals surface area contributed by atoms with Gasteiger partial charge in [0, 0.05) is 24.9 Å². The molecule has 82 valence electrons. The van der Waals surface area contributed by atoms with Crippen molar-refractivity contribution in [1.29, 1.82) is 0 Å². The number of carbonyl (C=O) groups is 1. The van der Waals surface area contributed by atoms with E-state index in [-0.39, 0.29) is 24.0 Å². The number of morpholine rings is 1. The summed E-state index contributed by atoms with van der Waals surface area (Å²) in [5.41, 5.74) is 0. The largest absolute Gasteiger partial charge is 0.372 e. The fraction of sp³-hybridized carbons (Fsp3) is 0.900. The summed E-state index contributed by atoms with van der Waals surface area (Å²) in [6, 6.07) is 0. The lowest BCUT2D eigenvalue weighted by Gasteiger charge is -2.36. The van der Waals surface area contributed by atoms with Gasteiger partial charge in [-0.2, -0.15) is 0 Å². The first kappa shape index (κ1) is 11.8. The maximum atomic E-state index is 11.8. The molecule has 0 aromatic rings. The third-order valence-corrected chi connectivity index (χ3v) is 2.85. The minimum absolute atomic E-state index is 0.0887. The van der Waals surface area contributed by atoms with Crippen molar-refractivity contribution < 1.29 is 9.53 Å². The Morgan fingerprint density at radius 1 is 1.50 bits per heavy atom. The Morgan fingerprint density at radius 3 is 2.43 bits per heavy atom. The Hall–Kier alpha value is -0.280. The number of rotatable bonds is 2. The molecule has 0 N–H and O–H groups in total. The number of hydrogen-bond acceptors (Lipinski definition) is 2. The van der Waals surface area contributed by atoms with Gasteiger partial charge < -0.3 is 9.64 Å². The number of amides is 1. The summed E-state index contributed by atoms with van der Waals surface area (Å²) in [7, 11) is 0. The minimum Gasteiger partial charge on any atom is -0.372 e. The van der Waals surface area contributed by atoms with E-state index in [9.17, 15) is 4.79 Å². The highest BCUT2D eigenvalue weighted by Crippen LogP contribution is 2.14. The van der Waals surface area contributed by atoms with Crippen molar-refractivity contribution in [3.05, 3.63) is 0 Å². The van der Waals surface area contributed by atoms with Gasteiger partial charge in [-0.1, -0.05) is 6.92 Å². The average Bonchev–Trinajstić information content (AvgIpc) is 2.14. The van der Waals surface area contributed by atoms with Crippen molar-refractivity contribution in [3.8, 4) is 0 Å². The van der Waals surface area contributed by atoms with Crippen LogP contribution in [0.2, 0.25) is 0 Å². The molecule has 0 aliphatic carbocycles. The number of nitrogens with zero attached hydrogens (tertiary/aromatic N) is 1. The third-order valence-electron chi connectivity index (χ3n) is 2.38. The quantitative estimate of drug-likeness (QED) is 0.659. The molecule has 1 saturated heterocycles. The van der Waals surface area contributed by atoms with Crippen LogP contribution in [-0.2, 0) is 9.53 Å². The number of alkyl halides is 1. The number of ether oxygens (including phenoxy) is 1. The summed E-state index contributed by atoms with van der Waals surface area (Å²) in [5, 5.41) is 0. The number of carbonyl (C=O) groups excluding carboxylic acids is 1. The molecule has 1 aliphatic rings. The van der Waals surface area contributed by atoms with Crippen LogP contribution >= 0.6 is 11.6 Å². The topological polar surface area (TPSA) is 29.5 Å². The normalized spacial score (nSPS) is 30.1. The van der Waals surface area contributed by atoms with E-state index >= 15 is 0 Å². The molecule has 1 rings (SSSR count). The summed E-state index contributed by atoms with van der Waals surface area (Å²) < 4.78 is 5.55. The summed E-state index contributed by atoms with van der Waals surface area (Å²) in [6.07, 6.45) is 0.260. The maximum Gasteiger partial charge on any atom is 0.226 e. The second kappa shape index (κ2) is 4.99. The predicted octanol–water partition coefficient (Wildman–Crippen LogP) is 1.50. The first-order chi connectivity index (χ1) is 6.54. The highest BCUT2D eigenvalue weighted by molar-refractivity contribution is 6.19. The monoisotopic (exact) mass is 219 g/mol. The van der Waals surface area contributed by atoms with E-state index in [1.54, 1.807) is 0 Å². The summed E-state index contributed by atoms with van der Waals surface area (Å²) in [5.74, 6) is 0.440. The van der Waals surface area contributed by atoms with Crippen LogP contribution < -0.4 is 0 Å². The van der Waals surface area contributed by atoms with E-state index in [0.29, 0.717) is 19.0 Å². The van der Waals surface area contributed by atoms with Crippen molar-refractivity contribution in [2.75, 3.05) is 19.0 Å². The minimum atomic E-state index is -0.0887. The summed E-state index contributed by atoms with van der Waals surface area (Å²) >= 11 is 5.66. The van der Waals surface area contributed by atoms with Gasteiger partial charge in [-0.15, -0.1) is 11.6 Å². The molecule has 0 bridgehead atoms. The van der Waals surface area contributed by atoms with Crippen LogP contribution in [0.1, 0.15) is 20.8 Å². The highest BCUT2D eigenvalue weighted by Gasteiger charge is 2.28. The molecular weight excluding hydrogens is 202 g/mol. The molecule has 3 atom stereocenters. The van der Waals surface area contributed by atoms with Crippen LogP contribution in [0.3, 0.4) is 0 Å². The molecule has 3 nitrogen and oxygen atoms in total. The van der Waals surface area contributed by atoms with Crippen LogP contribution in [0.4, 0.5) is 0 Å². The fourth-order valence-electron chi connectivity index (χ4n) is 1.74. The second-order valence-corrected chi connectivity index (χ2v) is 4.36. The summed E-state index contributed by atoms with van der Waals surface area (Å²) in [4.78, 5) is 13.7. The van der Waals surface area contributed by atoms with E-state index in [0.717, 1.165) is 0 Å². The smallest absolute Gasteiger partial charge is 0.226 e. The molecule has 14 heavy (non-hydrogen) atoms. The van der Waals surface area contributed by atoms with Crippen molar-refractivity contribution in [1.82, 2.24) is 4.90 Å². The van der Waals surface area contributed by atoms with Crippen LogP contribution in [0, 0.1) is 5.92 Å². The Balaban J connectivity index is 2.54. The van der Waals surface area contributed by atoms with E-state index in [4.69, 9.17) is 16.3 Å². The van der Waals surface area contributed by atoms with Gasteiger partial charge in [-0.3, -0.25) is 4.79 Å². The van der Waals surface area contributed by atoms with Crippen molar-refractivity contribution in [3.63, 3.8) is 0 Å². The molecule has 1 fully saturated rings. The second-order valence-electron chi connectivity index (χ2n) is 4.06. The van der Waals surface area contributed by atoms with E-state index in [1.807, 2.05) is 25.7 Å². The summed E-state index contributed by atoms with van der Waals surface area (Å²) in [6.45, 7) is 7.21. The molecule has 0 spiro atoms. The molecule has 0 aromatic carbocycles. The lowest BCUT2D eigenvalue weighted by Crippen LogP contribution is -2.49. The molecule has 1 amide bonds. The van der Waals surface area contributed by atoms with Crippen LogP contribution in [0.5, 0.6) is 0 Å². The zero-order chi connectivity index (χ0) is 10.7.